The van der Waals surface area contributed by atoms with E-state index in [2.05, 4.69) is 11.9 Å². The number of allylic oxidation sites excluding steroid dienone is 1. The molecular formula is C14H10FN3OS. The Bertz CT molecular complexity index is 695. The van der Waals surface area contributed by atoms with Crippen LogP contribution in [0.5, 0.6) is 0 Å². The molecule has 0 aromatic heterocycles. The third kappa shape index (κ3) is 3.19. The van der Waals surface area contributed by atoms with Crippen LogP contribution in [0, 0.1) is 28.5 Å². The molecule has 20 heavy (non-hydrogen) atoms. The van der Waals surface area contributed by atoms with Gasteiger partial charge in [0, 0.05) is 0 Å². The van der Waals surface area contributed by atoms with E-state index in [9.17, 15) is 9.50 Å². The molecule has 0 aliphatic carbocycles. The molecule has 1 rings (SSSR count). The van der Waals surface area contributed by atoms with E-state index in [1.54, 1.807) is 12.1 Å². The fraction of sp³-hybridized carbons (Fsp3) is 0.0714. The number of aliphatic hydroxyl groups excluding tert-OH is 1. The van der Waals surface area contributed by atoms with Crippen LogP contribution in [0.15, 0.2) is 41.7 Å². The number of nitrogens with one attached hydrogen (secondary N) is 1. The lowest BCUT2D eigenvalue weighted by atomic mass is 10.1. The van der Waals surface area contributed by atoms with Crippen molar-refractivity contribution in [3.05, 3.63) is 53.1 Å². The number of benzene rings is 1. The average molecular weight is 287 g/mol. The molecule has 0 bridgehead atoms. The predicted molar refractivity (Wildman–Crippen MR) is 77.4 cm³/mol. The number of nitriles is 2. The van der Waals surface area contributed by atoms with Gasteiger partial charge in [-0.1, -0.05) is 24.9 Å². The highest BCUT2D eigenvalue weighted by Gasteiger charge is 2.15. The minimum Gasteiger partial charge on any atom is -0.506 e. The van der Waals surface area contributed by atoms with Gasteiger partial charge in [0.05, 0.1) is 5.69 Å². The second kappa shape index (κ2) is 6.46. The molecule has 0 saturated heterocycles. The molecule has 6 heteroatoms. The van der Waals surface area contributed by atoms with E-state index >= 15 is 0 Å². The predicted octanol–water partition coefficient (Wildman–Crippen LogP) is 3.35. The first-order chi connectivity index (χ1) is 9.42. The smallest absolute Gasteiger partial charge is 0.143 e. The van der Waals surface area contributed by atoms with Gasteiger partial charge in [-0.25, -0.2) is 4.39 Å². The maximum atomic E-state index is 13.4. The first-order valence-corrected chi connectivity index (χ1v) is 5.82. The maximum Gasteiger partial charge on any atom is 0.143 e. The highest BCUT2D eigenvalue weighted by Crippen LogP contribution is 2.20. The number of anilines is 1. The van der Waals surface area contributed by atoms with Crippen molar-refractivity contribution in [3.8, 4) is 12.1 Å². The minimum atomic E-state index is -0.702. The van der Waals surface area contributed by atoms with Crippen LogP contribution in [-0.2, 0) is 0 Å². The maximum absolute atomic E-state index is 13.4. The zero-order valence-corrected chi connectivity index (χ0v) is 11.4. The summed E-state index contributed by atoms with van der Waals surface area (Å²) in [6, 6.07) is 7.43. The summed E-state index contributed by atoms with van der Waals surface area (Å²) >= 11 is 4.98. The Kier molecular flexibility index (Phi) is 4.96. The highest BCUT2D eigenvalue weighted by atomic mass is 32.1. The van der Waals surface area contributed by atoms with Crippen molar-refractivity contribution in [1.82, 2.24) is 0 Å². The lowest BCUT2D eigenvalue weighted by Gasteiger charge is -2.10. The van der Waals surface area contributed by atoms with Gasteiger partial charge in [0.1, 0.15) is 39.8 Å². The van der Waals surface area contributed by atoms with Crippen molar-refractivity contribution in [2.45, 2.75) is 6.92 Å². The number of aliphatic hydroxyl groups is 1. The quantitative estimate of drug-likeness (QED) is 0.293. The first-order valence-electron chi connectivity index (χ1n) is 5.41. The summed E-state index contributed by atoms with van der Waals surface area (Å²) < 4.78 is 13.4. The molecule has 1 aromatic rings. The summed E-state index contributed by atoms with van der Waals surface area (Å²) in [4.78, 5) is -0.116. The largest absolute Gasteiger partial charge is 0.506 e. The van der Waals surface area contributed by atoms with Crippen LogP contribution in [0.2, 0.25) is 0 Å². The SMILES string of the molecule is C=C(C)/C(O)=C(\C#N)C(=S)Nc1cccc(F)c1C#N. The molecule has 0 saturated carbocycles. The van der Waals surface area contributed by atoms with Gasteiger partial charge in [-0.05, 0) is 24.6 Å². The van der Waals surface area contributed by atoms with Crippen molar-refractivity contribution >= 4 is 22.9 Å². The molecule has 0 amide bonds. The van der Waals surface area contributed by atoms with E-state index in [0.29, 0.717) is 0 Å². The molecule has 0 heterocycles. The zero-order chi connectivity index (χ0) is 15.3. The molecule has 0 atom stereocenters. The van der Waals surface area contributed by atoms with Crippen LogP contribution >= 0.6 is 12.2 Å². The molecule has 0 aliphatic heterocycles. The standard InChI is InChI=1S/C14H10FN3OS/c1-8(2)13(19)10(7-17)14(20)18-12-5-3-4-11(15)9(12)6-16/h3-5,19H,1H2,2H3,(H,18,20)/b13-10-. The van der Waals surface area contributed by atoms with E-state index in [1.165, 1.54) is 19.1 Å². The van der Waals surface area contributed by atoms with E-state index < -0.39 is 5.82 Å². The number of thiocarbonyl (C=S) groups is 1. The Balaban J connectivity index is 3.19. The van der Waals surface area contributed by atoms with Gasteiger partial charge in [-0.3, -0.25) is 0 Å². The van der Waals surface area contributed by atoms with Crippen LogP contribution in [-0.4, -0.2) is 10.1 Å². The third-order valence-electron chi connectivity index (χ3n) is 2.35. The third-order valence-corrected chi connectivity index (χ3v) is 2.66. The molecule has 0 aliphatic rings. The van der Waals surface area contributed by atoms with E-state index in [4.69, 9.17) is 22.7 Å². The minimum absolute atomic E-state index is 0.116. The van der Waals surface area contributed by atoms with Gasteiger partial charge in [-0.15, -0.1) is 0 Å². The molecule has 1 aromatic carbocycles. The topological polar surface area (TPSA) is 79.8 Å². The van der Waals surface area contributed by atoms with Crippen molar-refractivity contribution in [1.29, 1.82) is 10.5 Å². The number of hydrogen-bond acceptors (Lipinski definition) is 4. The summed E-state index contributed by atoms with van der Waals surface area (Å²) in [6.45, 7) is 5.01. The van der Waals surface area contributed by atoms with Crippen molar-refractivity contribution in [2.24, 2.45) is 0 Å². The van der Waals surface area contributed by atoms with Crippen LogP contribution in [0.3, 0.4) is 0 Å². The lowest BCUT2D eigenvalue weighted by molar-refractivity contribution is 0.422. The van der Waals surface area contributed by atoms with Crippen molar-refractivity contribution in [3.63, 3.8) is 0 Å². The Morgan fingerprint density at radius 3 is 2.60 bits per heavy atom. The summed E-state index contributed by atoms with van der Waals surface area (Å²) in [5.74, 6) is -1.05. The number of rotatable bonds is 3. The molecule has 0 fully saturated rings. The molecule has 2 N–H and O–H groups in total. The Labute approximate surface area is 121 Å². The van der Waals surface area contributed by atoms with Crippen molar-refractivity contribution < 1.29 is 9.50 Å². The van der Waals surface area contributed by atoms with Crippen LogP contribution in [0.4, 0.5) is 10.1 Å². The Hall–Kier alpha value is -2.70. The molecule has 0 radical (unpaired) electrons. The van der Waals surface area contributed by atoms with E-state index in [-0.39, 0.29) is 33.1 Å². The molecule has 4 nitrogen and oxygen atoms in total. The summed E-state index contributed by atoms with van der Waals surface area (Å²) in [6.07, 6.45) is 0. The fourth-order valence-electron chi connectivity index (χ4n) is 1.35. The fourth-order valence-corrected chi connectivity index (χ4v) is 1.60. The first kappa shape index (κ1) is 15.4. The average Bonchev–Trinajstić information content (AvgIpc) is 2.39. The zero-order valence-electron chi connectivity index (χ0n) is 10.6. The summed E-state index contributed by atoms with van der Waals surface area (Å²) in [5.41, 5.74) is -0.0205. The summed E-state index contributed by atoms with van der Waals surface area (Å²) in [7, 11) is 0. The van der Waals surface area contributed by atoms with Crippen molar-refractivity contribution in [2.75, 3.05) is 5.32 Å². The van der Waals surface area contributed by atoms with Crippen LogP contribution in [0.1, 0.15) is 12.5 Å². The van der Waals surface area contributed by atoms with Crippen LogP contribution in [0.25, 0.3) is 0 Å². The van der Waals surface area contributed by atoms with Gasteiger partial charge in [0.25, 0.3) is 0 Å². The Morgan fingerprint density at radius 1 is 1.45 bits per heavy atom. The van der Waals surface area contributed by atoms with E-state index in [1.807, 2.05) is 0 Å². The van der Waals surface area contributed by atoms with Gasteiger partial charge < -0.3 is 10.4 Å². The Morgan fingerprint density at radius 2 is 2.10 bits per heavy atom. The molecular weight excluding hydrogens is 277 g/mol. The second-order valence-corrected chi connectivity index (χ2v) is 4.25. The highest BCUT2D eigenvalue weighted by molar-refractivity contribution is 7.81. The molecule has 0 unspecified atom stereocenters. The monoisotopic (exact) mass is 287 g/mol. The normalized spacial score (nSPS) is 10.8. The van der Waals surface area contributed by atoms with Crippen LogP contribution < -0.4 is 5.32 Å². The second-order valence-electron chi connectivity index (χ2n) is 3.84. The van der Waals surface area contributed by atoms with Gasteiger partial charge in [-0.2, -0.15) is 10.5 Å². The van der Waals surface area contributed by atoms with Gasteiger partial charge in [0.2, 0.25) is 0 Å². The van der Waals surface area contributed by atoms with Gasteiger partial charge >= 0.3 is 0 Å². The number of hydrogen-bond donors (Lipinski definition) is 2. The lowest BCUT2D eigenvalue weighted by Crippen LogP contribution is -2.14. The number of halogens is 1. The van der Waals surface area contributed by atoms with Gasteiger partial charge in [0.15, 0.2) is 0 Å². The molecule has 0 spiro atoms. The number of nitrogens with zero attached hydrogens (tertiary/aromatic N) is 2. The molecule has 100 valence electrons. The van der Waals surface area contributed by atoms with E-state index in [0.717, 1.165) is 6.07 Å². The summed E-state index contributed by atoms with van der Waals surface area (Å²) in [5, 5.41) is 30.2.